The Morgan fingerprint density at radius 3 is 2.86 bits per heavy atom. The van der Waals surface area contributed by atoms with E-state index in [1.807, 2.05) is 18.2 Å². The van der Waals surface area contributed by atoms with Crippen LogP contribution in [0.1, 0.15) is 5.56 Å². The van der Waals surface area contributed by atoms with Gasteiger partial charge in [-0.3, -0.25) is 0 Å². The molecule has 0 fully saturated rings. The average Bonchev–Trinajstić information content (AvgIpc) is 2.51. The number of nitrogens with zero attached hydrogens (tertiary/aromatic N) is 2. The Hall–Kier alpha value is -1.15. The molecule has 1 aromatic carbocycles. The third kappa shape index (κ3) is 2.20. The molecule has 0 unspecified atom stereocenters. The fourth-order valence-corrected chi connectivity index (χ4v) is 1.77. The largest absolute Gasteiger partial charge is 0.362 e. The quantitative estimate of drug-likeness (QED) is 0.737. The van der Waals surface area contributed by atoms with Crippen molar-refractivity contribution in [1.82, 2.24) is 9.80 Å². The molecule has 0 atom stereocenters. The summed E-state index contributed by atoms with van der Waals surface area (Å²) in [6, 6.07) is 7.99. The Bertz CT molecular complexity index is 349. The van der Waals surface area contributed by atoms with Crippen molar-refractivity contribution in [1.29, 1.82) is 0 Å². The van der Waals surface area contributed by atoms with Crippen molar-refractivity contribution >= 4 is 11.6 Å². The zero-order valence-electron chi connectivity index (χ0n) is 8.15. The van der Waals surface area contributed by atoms with Crippen LogP contribution in [0, 0.1) is 0 Å². The lowest BCUT2D eigenvalue weighted by Gasteiger charge is -2.18. The second-order valence-electron chi connectivity index (χ2n) is 3.57. The second-order valence-corrected chi connectivity index (χ2v) is 4.01. The Morgan fingerprint density at radius 1 is 1.36 bits per heavy atom. The predicted octanol–water partition coefficient (Wildman–Crippen LogP) is 2.52. The molecule has 1 aromatic rings. The number of halogens is 1. The lowest BCUT2D eigenvalue weighted by Crippen LogP contribution is -2.21. The van der Waals surface area contributed by atoms with Crippen molar-refractivity contribution in [2.45, 2.75) is 6.54 Å². The molecule has 14 heavy (non-hydrogen) atoms. The second kappa shape index (κ2) is 3.93. The fraction of sp³-hybridized carbons (Fsp3) is 0.273. The zero-order valence-corrected chi connectivity index (χ0v) is 8.91. The maximum absolute atomic E-state index is 5.91. The molecule has 1 aliphatic rings. The van der Waals surface area contributed by atoms with Crippen molar-refractivity contribution in [2.24, 2.45) is 0 Å². The van der Waals surface area contributed by atoms with E-state index in [0.717, 1.165) is 18.2 Å². The van der Waals surface area contributed by atoms with E-state index in [-0.39, 0.29) is 0 Å². The summed E-state index contributed by atoms with van der Waals surface area (Å²) in [6.45, 7) is 1.87. The van der Waals surface area contributed by atoms with Crippen LogP contribution in [0.15, 0.2) is 36.7 Å². The Labute approximate surface area is 89.4 Å². The molecule has 0 radical (unpaired) electrons. The smallest absolute Gasteiger partial charge is 0.0894 e. The van der Waals surface area contributed by atoms with Crippen LogP contribution in [0.4, 0.5) is 0 Å². The summed E-state index contributed by atoms with van der Waals surface area (Å²) in [5, 5.41) is 0.805. The summed E-state index contributed by atoms with van der Waals surface area (Å²) in [5.41, 5.74) is 1.25. The molecule has 0 aromatic heterocycles. The normalized spacial score (nSPS) is 15.3. The van der Waals surface area contributed by atoms with Gasteiger partial charge in [-0.2, -0.15) is 0 Å². The summed E-state index contributed by atoms with van der Waals surface area (Å²) in [7, 11) is 2.06. The lowest BCUT2D eigenvalue weighted by atomic mass is 10.2. The summed E-state index contributed by atoms with van der Waals surface area (Å²) >= 11 is 5.91. The highest BCUT2D eigenvalue weighted by Gasteiger charge is 2.08. The molecule has 74 valence electrons. The molecule has 0 spiro atoms. The van der Waals surface area contributed by atoms with Gasteiger partial charge in [-0.15, -0.1) is 0 Å². The molecule has 0 bridgehead atoms. The SMILES string of the molecule is CN1C=CN(Cc2cccc(Cl)c2)C1. The van der Waals surface area contributed by atoms with Gasteiger partial charge in [0.05, 0.1) is 6.67 Å². The van der Waals surface area contributed by atoms with E-state index >= 15 is 0 Å². The molecule has 0 aliphatic carbocycles. The van der Waals surface area contributed by atoms with Gasteiger partial charge in [0.1, 0.15) is 0 Å². The van der Waals surface area contributed by atoms with E-state index in [1.54, 1.807) is 0 Å². The third-order valence-corrected chi connectivity index (χ3v) is 2.45. The molecule has 0 saturated carbocycles. The number of hydrogen-bond donors (Lipinski definition) is 0. The minimum atomic E-state index is 0.805. The van der Waals surface area contributed by atoms with Gasteiger partial charge < -0.3 is 9.80 Å². The zero-order chi connectivity index (χ0) is 9.97. The van der Waals surface area contributed by atoms with Crippen LogP contribution in [0.25, 0.3) is 0 Å². The van der Waals surface area contributed by atoms with E-state index in [1.165, 1.54) is 5.56 Å². The first-order valence-corrected chi connectivity index (χ1v) is 4.99. The monoisotopic (exact) mass is 208 g/mol. The number of rotatable bonds is 2. The Morgan fingerprint density at radius 2 is 2.21 bits per heavy atom. The molecule has 2 rings (SSSR count). The molecule has 2 nitrogen and oxygen atoms in total. The first-order valence-electron chi connectivity index (χ1n) is 4.61. The van der Waals surface area contributed by atoms with E-state index in [2.05, 4.69) is 35.3 Å². The van der Waals surface area contributed by atoms with Crippen LogP contribution in [-0.4, -0.2) is 23.5 Å². The molecule has 0 amide bonds. The van der Waals surface area contributed by atoms with E-state index in [0.29, 0.717) is 0 Å². The van der Waals surface area contributed by atoms with Crippen molar-refractivity contribution in [3.05, 3.63) is 47.3 Å². The van der Waals surface area contributed by atoms with Gasteiger partial charge in [-0.05, 0) is 17.7 Å². The standard InChI is InChI=1S/C11H13ClN2/c1-13-5-6-14(9-13)8-10-3-2-4-11(12)7-10/h2-7H,8-9H2,1H3. The number of benzene rings is 1. The Balaban J connectivity index is 2.01. The highest BCUT2D eigenvalue weighted by atomic mass is 35.5. The van der Waals surface area contributed by atoms with Crippen LogP contribution in [0.2, 0.25) is 5.02 Å². The van der Waals surface area contributed by atoms with Gasteiger partial charge in [0, 0.05) is 31.0 Å². The maximum atomic E-state index is 5.91. The minimum Gasteiger partial charge on any atom is -0.362 e. The molecular formula is C11H13ClN2. The van der Waals surface area contributed by atoms with E-state index < -0.39 is 0 Å². The summed E-state index contributed by atoms with van der Waals surface area (Å²) < 4.78 is 0. The van der Waals surface area contributed by atoms with Crippen LogP contribution in [0.3, 0.4) is 0 Å². The maximum Gasteiger partial charge on any atom is 0.0894 e. The fourth-order valence-electron chi connectivity index (χ4n) is 1.56. The van der Waals surface area contributed by atoms with E-state index in [9.17, 15) is 0 Å². The highest BCUT2D eigenvalue weighted by molar-refractivity contribution is 6.30. The highest BCUT2D eigenvalue weighted by Crippen LogP contribution is 2.14. The van der Waals surface area contributed by atoms with Gasteiger partial charge in [-0.1, -0.05) is 23.7 Å². The van der Waals surface area contributed by atoms with Crippen molar-refractivity contribution in [3.63, 3.8) is 0 Å². The van der Waals surface area contributed by atoms with Crippen LogP contribution < -0.4 is 0 Å². The topological polar surface area (TPSA) is 6.48 Å². The lowest BCUT2D eigenvalue weighted by molar-refractivity contribution is 0.291. The van der Waals surface area contributed by atoms with Gasteiger partial charge in [0.2, 0.25) is 0 Å². The summed E-state index contributed by atoms with van der Waals surface area (Å²) in [5.74, 6) is 0. The number of hydrogen-bond acceptors (Lipinski definition) is 2. The van der Waals surface area contributed by atoms with E-state index in [4.69, 9.17) is 11.6 Å². The first kappa shape index (κ1) is 9.41. The van der Waals surface area contributed by atoms with Crippen LogP contribution >= 0.6 is 11.6 Å². The first-order chi connectivity index (χ1) is 6.74. The third-order valence-electron chi connectivity index (χ3n) is 2.21. The van der Waals surface area contributed by atoms with Gasteiger partial charge >= 0.3 is 0 Å². The van der Waals surface area contributed by atoms with Crippen LogP contribution in [-0.2, 0) is 6.54 Å². The summed E-state index contributed by atoms with van der Waals surface area (Å²) in [6.07, 6.45) is 4.17. The van der Waals surface area contributed by atoms with Crippen molar-refractivity contribution < 1.29 is 0 Å². The Kier molecular flexibility index (Phi) is 2.64. The van der Waals surface area contributed by atoms with Gasteiger partial charge in [-0.25, -0.2) is 0 Å². The molecule has 3 heteroatoms. The predicted molar refractivity (Wildman–Crippen MR) is 58.8 cm³/mol. The van der Waals surface area contributed by atoms with Gasteiger partial charge in [0.25, 0.3) is 0 Å². The van der Waals surface area contributed by atoms with Crippen LogP contribution in [0.5, 0.6) is 0 Å². The summed E-state index contributed by atoms with van der Waals surface area (Å²) in [4.78, 5) is 4.39. The average molecular weight is 209 g/mol. The van der Waals surface area contributed by atoms with Gasteiger partial charge in [0.15, 0.2) is 0 Å². The molecular weight excluding hydrogens is 196 g/mol. The molecule has 1 aliphatic heterocycles. The molecule has 0 N–H and O–H groups in total. The van der Waals surface area contributed by atoms with Crippen molar-refractivity contribution in [2.75, 3.05) is 13.7 Å². The molecule has 1 heterocycles. The molecule has 0 saturated heterocycles. The van der Waals surface area contributed by atoms with Crippen molar-refractivity contribution in [3.8, 4) is 0 Å². The minimum absolute atomic E-state index is 0.805.